The molecule has 2 nitrogen and oxygen atoms in total. The van der Waals surface area contributed by atoms with Crippen LogP contribution in [0.5, 0.6) is 0 Å². The summed E-state index contributed by atoms with van der Waals surface area (Å²) in [6.45, 7) is 8.79. The Kier molecular flexibility index (Phi) is 9.28. The van der Waals surface area contributed by atoms with Crippen molar-refractivity contribution in [3.63, 3.8) is 0 Å². The normalized spacial score (nSPS) is 16.7. The van der Waals surface area contributed by atoms with Gasteiger partial charge in [-0.3, -0.25) is 4.90 Å². The number of alkyl halides is 3. The maximum absolute atomic E-state index is 13.5. The molecule has 2 rings (SSSR count). The molecule has 0 radical (unpaired) electrons. The second-order valence-corrected chi connectivity index (χ2v) is 5.70. The van der Waals surface area contributed by atoms with Crippen molar-refractivity contribution in [1.82, 2.24) is 10.2 Å². The van der Waals surface area contributed by atoms with E-state index in [1.54, 1.807) is 0 Å². The largest absolute Gasteiger partial charge is 0.419 e. The van der Waals surface area contributed by atoms with Gasteiger partial charge in [0.2, 0.25) is 0 Å². The minimum Gasteiger partial charge on any atom is -0.314 e. The molecule has 138 valence electrons. The number of piperazine rings is 1. The first-order valence-corrected chi connectivity index (χ1v) is 7.25. The van der Waals surface area contributed by atoms with E-state index in [-0.39, 0.29) is 30.9 Å². The summed E-state index contributed by atoms with van der Waals surface area (Å²) in [5, 5.41) is 3.22. The lowest BCUT2D eigenvalue weighted by atomic mass is 9.96. The summed E-state index contributed by atoms with van der Waals surface area (Å²) in [5.74, 6) is -1.23. The minimum atomic E-state index is -4.68. The SMILES string of the molecule is C=C(C)C[C@@H](c1ccc(F)c(C(F)(F)F)c1)N1CCNCC1.Cl.Cl. The van der Waals surface area contributed by atoms with Crippen LogP contribution >= 0.6 is 24.8 Å². The first-order chi connectivity index (χ1) is 10.3. The molecule has 0 amide bonds. The van der Waals surface area contributed by atoms with Gasteiger partial charge in [0.25, 0.3) is 0 Å². The van der Waals surface area contributed by atoms with Gasteiger partial charge >= 0.3 is 6.18 Å². The topological polar surface area (TPSA) is 15.3 Å². The van der Waals surface area contributed by atoms with E-state index in [2.05, 4.69) is 16.8 Å². The zero-order valence-electron chi connectivity index (χ0n) is 13.3. The predicted octanol–water partition coefficient (Wildman–Crippen LogP) is 4.60. The van der Waals surface area contributed by atoms with Crippen molar-refractivity contribution in [2.75, 3.05) is 26.2 Å². The third kappa shape index (κ3) is 5.92. The summed E-state index contributed by atoms with van der Waals surface area (Å²) in [6, 6.07) is 3.08. The molecular weight excluding hydrogens is 367 g/mol. The van der Waals surface area contributed by atoms with Gasteiger partial charge in [-0.05, 0) is 31.0 Å². The highest BCUT2D eigenvalue weighted by Crippen LogP contribution is 2.35. The highest BCUT2D eigenvalue weighted by atomic mass is 35.5. The molecule has 1 saturated heterocycles. The summed E-state index contributed by atoms with van der Waals surface area (Å²) < 4.78 is 52.2. The standard InChI is InChI=1S/C16H20F4N2.2ClH/c1-11(2)9-15(22-7-5-21-6-8-22)12-3-4-14(17)13(10-12)16(18,19)20;;/h3-4,10,15,21H,1,5-9H2,2H3;2*1H/t15-;;/m0../s1. The van der Waals surface area contributed by atoms with E-state index < -0.39 is 17.6 Å². The van der Waals surface area contributed by atoms with Crippen LogP contribution in [0.2, 0.25) is 0 Å². The smallest absolute Gasteiger partial charge is 0.314 e. The molecule has 1 atom stereocenters. The summed E-state index contributed by atoms with van der Waals surface area (Å²) in [5.41, 5.74) is 0.173. The third-order valence-electron chi connectivity index (χ3n) is 3.81. The van der Waals surface area contributed by atoms with Crippen LogP contribution in [0.25, 0.3) is 0 Å². The van der Waals surface area contributed by atoms with Gasteiger partial charge in [-0.15, -0.1) is 31.4 Å². The Morgan fingerprint density at radius 1 is 1.25 bits per heavy atom. The van der Waals surface area contributed by atoms with Crippen molar-refractivity contribution < 1.29 is 17.6 Å². The highest BCUT2D eigenvalue weighted by Gasteiger charge is 2.35. The number of nitrogens with zero attached hydrogens (tertiary/aromatic N) is 1. The average molecular weight is 389 g/mol. The minimum absolute atomic E-state index is 0. The van der Waals surface area contributed by atoms with Crippen molar-refractivity contribution >= 4 is 24.8 Å². The van der Waals surface area contributed by atoms with Crippen molar-refractivity contribution in [3.8, 4) is 0 Å². The van der Waals surface area contributed by atoms with E-state index >= 15 is 0 Å². The second-order valence-electron chi connectivity index (χ2n) is 5.70. The zero-order chi connectivity index (χ0) is 16.3. The predicted molar refractivity (Wildman–Crippen MR) is 92.5 cm³/mol. The average Bonchev–Trinajstić information content (AvgIpc) is 2.45. The quantitative estimate of drug-likeness (QED) is 0.598. The summed E-state index contributed by atoms with van der Waals surface area (Å²) in [7, 11) is 0. The van der Waals surface area contributed by atoms with E-state index in [9.17, 15) is 17.6 Å². The molecule has 8 heteroatoms. The molecule has 1 fully saturated rings. The van der Waals surface area contributed by atoms with E-state index in [1.807, 2.05) is 6.92 Å². The lowest BCUT2D eigenvalue weighted by Crippen LogP contribution is -2.45. The van der Waals surface area contributed by atoms with E-state index in [0.29, 0.717) is 12.0 Å². The number of benzene rings is 1. The van der Waals surface area contributed by atoms with Crippen LogP contribution in [-0.2, 0) is 6.18 Å². The van der Waals surface area contributed by atoms with Crippen molar-refractivity contribution in [2.45, 2.75) is 25.6 Å². The molecule has 0 bridgehead atoms. The fourth-order valence-corrected chi connectivity index (χ4v) is 2.75. The number of halogens is 6. The van der Waals surface area contributed by atoms with E-state index in [4.69, 9.17) is 0 Å². The molecule has 1 N–H and O–H groups in total. The van der Waals surface area contributed by atoms with Gasteiger partial charge < -0.3 is 5.32 Å². The van der Waals surface area contributed by atoms with Crippen LogP contribution in [0.15, 0.2) is 30.4 Å². The molecule has 0 spiro atoms. The molecule has 24 heavy (non-hydrogen) atoms. The van der Waals surface area contributed by atoms with Crippen LogP contribution in [-0.4, -0.2) is 31.1 Å². The number of hydrogen-bond donors (Lipinski definition) is 1. The molecule has 0 saturated carbocycles. The molecule has 1 heterocycles. The maximum atomic E-state index is 13.5. The van der Waals surface area contributed by atoms with Crippen molar-refractivity contribution in [2.24, 2.45) is 0 Å². The fourth-order valence-electron chi connectivity index (χ4n) is 2.75. The van der Waals surface area contributed by atoms with Gasteiger partial charge in [0.15, 0.2) is 0 Å². The van der Waals surface area contributed by atoms with Crippen LogP contribution in [0.3, 0.4) is 0 Å². The first kappa shape index (κ1) is 23.2. The van der Waals surface area contributed by atoms with Crippen LogP contribution in [0.1, 0.15) is 30.5 Å². The summed E-state index contributed by atoms with van der Waals surface area (Å²) >= 11 is 0. The molecule has 0 unspecified atom stereocenters. The lowest BCUT2D eigenvalue weighted by Gasteiger charge is -2.35. The molecule has 0 aromatic heterocycles. The second kappa shape index (κ2) is 9.61. The van der Waals surface area contributed by atoms with Gasteiger partial charge in [0, 0.05) is 32.2 Å². The Bertz CT molecular complexity index is 543. The Balaban J connectivity index is 0.00000264. The Hall–Kier alpha value is -0.820. The summed E-state index contributed by atoms with van der Waals surface area (Å²) in [4.78, 5) is 2.12. The van der Waals surface area contributed by atoms with Gasteiger partial charge in [-0.25, -0.2) is 4.39 Å². The molecular formula is C16H22Cl2F4N2. The number of rotatable bonds is 4. The van der Waals surface area contributed by atoms with E-state index in [1.165, 1.54) is 6.07 Å². The molecule has 1 aliphatic rings. The fraction of sp³-hybridized carbons (Fsp3) is 0.500. The molecule has 1 aromatic carbocycles. The zero-order valence-corrected chi connectivity index (χ0v) is 15.0. The molecule has 1 aromatic rings. The van der Waals surface area contributed by atoms with E-state index in [0.717, 1.165) is 43.9 Å². The lowest BCUT2D eigenvalue weighted by molar-refractivity contribution is -0.140. The third-order valence-corrected chi connectivity index (χ3v) is 3.81. The Morgan fingerprint density at radius 3 is 2.33 bits per heavy atom. The Morgan fingerprint density at radius 2 is 1.83 bits per heavy atom. The number of nitrogens with one attached hydrogen (secondary N) is 1. The Labute approximate surface area is 152 Å². The van der Waals surface area contributed by atoms with Gasteiger partial charge in [-0.1, -0.05) is 11.6 Å². The van der Waals surface area contributed by atoms with Crippen LogP contribution < -0.4 is 5.32 Å². The van der Waals surface area contributed by atoms with Crippen molar-refractivity contribution in [3.05, 3.63) is 47.3 Å². The monoisotopic (exact) mass is 388 g/mol. The molecule has 0 aliphatic carbocycles. The van der Waals surface area contributed by atoms with Gasteiger partial charge in [-0.2, -0.15) is 13.2 Å². The number of hydrogen-bond acceptors (Lipinski definition) is 2. The first-order valence-electron chi connectivity index (χ1n) is 7.25. The van der Waals surface area contributed by atoms with Gasteiger partial charge in [0.05, 0.1) is 5.56 Å². The highest BCUT2D eigenvalue weighted by molar-refractivity contribution is 5.85. The molecule has 1 aliphatic heterocycles. The van der Waals surface area contributed by atoms with Crippen LogP contribution in [0.4, 0.5) is 17.6 Å². The summed E-state index contributed by atoms with van der Waals surface area (Å²) in [6.07, 6.45) is -4.12. The maximum Gasteiger partial charge on any atom is 0.419 e. The van der Waals surface area contributed by atoms with Gasteiger partial charge in [0.1, 0.15) is 5.82 Å². The van der Waals surface area contributed by atoms with Crippen LogP contribution in [0, 0.1) is 5.82 Å². The van der Waals surface area contributed by atoms with Crippen molar-refractivity contribution in [1.29, 1.82) is 0 Å².